The highest BCUT2D eigenvalue weighted by molar-refractivity contribution is 9.11. The summed E-state index contributed by atoms with van der Waals surface area (Å²) < 4.78 is 3.66. The molecule has 130 valence electrons. The minimum absolute atomic E-state index is 0.728. The summed E-state index contributed by atoms with van der Waals surface area (Å²) in [5, 5.41) is 4.87. The summed E-state index contributed by atoms with van der Waals surface area (Å²) in [7, 11) is 0. The Labute approximate surface area is 172 Å². The smallest absolute Gasteiger partial charge is 0.183 e. The molecule has 0 aliphatic carbocycles. The fourth-order valence-electron chi connectivity index (χ4n) is 3.10. The van der Waals surface area contributed by atoms with Crippen molar-refractivity contribution in [2.45, 2.75) is 0 Å². The predicted octanol–water partition coefficient (Wildman–Crippen LogP) is 6.16. The van der Waals surface area contributed by atoms with Gasteiger partial charge in [0, 0.05) is 14.5 Å². The Hall–Kier alpha value is -2.57. The number of nitrogens with zero attached hydrogens (tertiary/aromatic N) is 4. The Bertz CT molecular complexity index is 1180. The van der Waals surface area contributed by atoms with E-state index in [1.165, 1.54) is 0 Å². The Kier molecular flexibility index (Phi) is 4.02. The molecular weight excluding hydrogens is 468 g/mol. The van der Waals surface area contributed by atoms with Gasteiger partial charge in [-0.2, -0.15) is 5.10 Å². The van der Waals surface area contributed by atoms with Crippen molar-refractivity contribution < 1.29 is 0 Å². The number of rotatable bonds is 2. The second kappa shape index (κ2) is 6.55. The molecule has 3 aromatic carbocycles. The maximum absolute atomic E-state index is 4.94. The molecule has 0 amide bonds. The SMILES string of the molecule is Brc1ccc(Br)c2nc3c(nc12)c(-c1ccccc1)nn3-c1ccccc1. The van der Waals surface area contributed by atoms with Crippen LogP contribution < -0.4 is 0 Å². The minimum Gasteiger partial charge on any atom is -0.239 e. The van der Waals surface area contributed by atoms with Crippen LogP contribution in [-0.2, 0) is 0 Å². The van der Waals surface area contributed by atoms with E-state index >= 15 is 0 Å². The minimum atomic E-state index is 0.728. The standard InChI is InChI=1S/C21H12Br2N4/c22-15-11-12-16(23)19-18(15)24-20-17(13-7-3-1-4-8-13)26-27(21(20)25-19)14-9-5-2-6-10-14/h1-12H. The average Bonchev–Trinajstić information content (AvgIpc) is 3.10. The zero-order valence-corrected chi connectivity index (χ0v) is 17.1. The third-order valence-electron chi connectivity index (χ3n) is 4.38. The van der Waals surface area contributed by atoms with E-state index in [4.69, 9.17) is 15.1 Å². The summed E-state index contributed by atoms with van der Waals surface area (Å²) in [6, 6.07) is 24.0. The van der Waals surface area contributed by atoms with Gasteiger partial charge in [0.15, 0.2) is 5.65 Å². The van der Waals surface area contributed by atoms with E-state index in [9.17, 15) is 0 Å². The normalized spacial score (nSPS) is 11.3. The molecule has 0 fully saturated rings. The van der Waals surface area contributed by atoms with Gasteiger partial charge in [-0.05, 0) is 56.1 Å². The Morgan fingerprint density at radius 3 is 1.89 bits per heavy atom. The maximum Gasteiger partial charge on any atom is 0.183 e. The lowest BCUT2D eigenvalue weighted by atomic mass is 10.1. The number of hydrogen-bond donors (Lipinski definition) is 0. The average molecular weight is 480 g/mol. The molecule has 27 heavy (non-hydrogen) atoms. The van der Waals surface area contributed by atoms with E-state index in [1.807, 2.05) is 77.5 Å². The summed E-state index contributed by atoms with van der Waals surface area (Å²) in [5.74, 6) is 0. The van der Waals surface area contributed by atoms with Crippen LogP contribution in [0.1, 0.15) is 0 Å². The lowest BCUT2D eigenvalue weighted by Gasteiger charge is -2.05. The van der Waals surface area contributed by atoms with Crippen LogP contribution in [-0.4, -0.2) is 19.7 Å². The van der Waals surface area contributed by atoms with Gasteiger partial charge in [-0.25, -0.2) is 14.6 Å². The van der Waals surface area contributed by atoms with Crippen molar-refractivity contribution in [1.82, 2.24) is 19.7 Å². The van der Waals surface area contributed by atoms with Gasteiger partial charge in [0.2, 0.25) is 0 Å². The zero-order valence-electron chi connectivity index (χ0n) is 14.0. The van der Waals surface area contributed by atoms with Gasteiger partial charge in [-0.15, -0.1) is 0 Å². The first-order valence-electron chi connectivity index (χ1n) is 8.38. The summed E-state index contributed by atoms with van der Waals surface area (Å²) in [4.78, 5) is 9.86. The number of benzene rings is 3. The highest BCUT2D eigenvalue weighted by atomic mass is 79.9. The Balaban J connectivity index is 1.93. The molecule has 6 heteroatoms. The van der Waals surface area contributed by atoms with E-state index in [-0.39, 0.29) is 0 Å². The van der Waals surface area contributed by atoms with E-state index < -0.39 is 0 Å². The maximum atomic E-state index is 4.94. The van der Waals surface area contributed by atoms with Crippen molar-refractivity contribution in [2.24, 2.45) is 0 Å². The van der Waals surface area contributed by atoms with E-state index in [1.54, 1.807) is 0 Å². The van der Waals surface area contributed by atoms with Gasteiger partial charge in [0.1, 0.15) is 22.2 Å². The molecule has 0 bridgehead atoms. The first-order valence-corrected chi connectivity index (χ1v) is 9.96. The number of halogens is 2. The summed E-state index contributed by atoms with van der Waals surface area (Å²) in [5.41, 5.74) is 5.88. The van der Waals surface area contributed by atoms with E-state index in [0.29, 0.717) is 0 Å². The second-order valence-corrected chi connectivity index (χ2v) is 7.79. The summed E-state index contributed by atoms with van der Waals surface area (Å²) in [6.07, 6.45) is 0. The number of para-hydroxylation sites is 1. The van der Waals surface area contributed by atoms with Crippen molar-refractivity contribution in [3.05, 3.63) is 81.7 Å². The van der Waals surface area contributed by atoms with Gasteiger partial charge in [-0.3, -0.25) is 0 Å². The zero-order chi connectivity index (χ0) is 18.4. The van der Waals surface area contributed by atoms with Crippen molar-refractivity contribution in [1.29, 1.82) is 0 Å². The molecule has 5 aromatic rings. The monoisotopic (exact) mass is 478 g/mol. The molecule has 0 N–H and O–H groups in total. The van der Waals surface area contributed by atoms with E-state index in [2.05, 4.69) is 31.9 Å². The Morgan fingerprint density at radius 1 is 0.630 bits per heavy atom. The second-order valence-electron chi connectivity index (χ2n) is 6.08. The van der Waals surface area contributed by atoms with Crippen LogP contribution in [0.25, 0.3) is 39.1 Å². The largest absolute Gasteiger partial charge is 0.239 e. The van der Waals surface area contributed by atoms with Crippen molar-refractivity contribution >= 4 is 54.1 Å². The molecule has 2 heterocycles. The summed E-state index contributed by atoms with van der Waals surface area (Å²) in [6.45, 7) is 0. The van der Waals surface area contributed by atoms with Gasteiger partial charge in [0.05, 0.1) is 5.69 Å². The molecule has 0 saturated carbocycles. The van der Waals surface area contributed by atoms with Crippen molar-refractivity contribution in [3.8, 4) is 16.9 Å². The van der Waals surface area contributed by atoms with Crippen molar-refractivity contribution in [2.75, 3.05) is 0 Å². The molecule has 0 atom stereocenters. The highest BCUT2D eigenvalue weighted by Gasteiger charge is 2.19. The molecule has 5 rings (SSSR count). The molecule has 0 radical (unpaired) electrons. The first-order chi connectivity index (χ1) is 13.2. The van der Waals surface area contributed by atoms with Gasteiger partial charge in [0.25, 0.3) is 0 Å². The van der Waals surface area contributed by atoms with Crippen LogP contribution in [0.5, 0.6) is 0 Å². The fraction of sp³-hybridized carbons (Fsp3) is 0. The molecule has 0 aliphatic rings. The van der Waals surface area contributed by atoms with Gasteiger partial charge in [-0.1, -0.05) is 48.5 Å². The molecule has 0 spiro atoms. The predicted molar refractivity (Wildman–Crippen MR) is 115 cm³/mol. The molecule has 0 unspecified atom stereocenters. The lowest BCUT2D eigenvalue weighted by Crippen LogP contribution is -1.98. The number of aromatic nitrogens is 4. The number of fused-ring (bicyclic) bond motifs is 2. The highest BCUT2D eigenvalue weighted by Crippen LogP contribution is 2.33. The number of hydrogen-bond acceptors (Lipinski definition) is 3. The molecule has 4 nitrogen and oxygen atoms in total. The van der Waals surface area contributed by atoms with Crippen LogP contribution in [0.4, 0.5) is 0 Å². The third-order valence-corrected chi connectivity index (χ3v) is 5.66. The van der Waals surface area contributed by atoms with Crippen LogP contribution in [0.15, 0.2) is 81.7 Å². The van der Waals surface area contributed by atoms with Gasteiger partial charge < -0.3 is 0 Å². The van der Waals surface area contributed by atoms with Crippen LogP contribution in [0, 0.1) is 0 Å². The molecule has 0 aliphatic heterocycles. The van der Waals surface area contributed by atoms with E-state index in [0.717, 1.165) is 48.1 Å². The van der Waals surface area contributed by atoms with Crippen molar-refractivity contribution in [3.63, 3.8) is 0 Å². The quantitative estimate of drug-likeness (QED) is 0.304. The fourth-order valence-corrected chi connectivity index (χ4v) is 3.92. The molecular formula is C21H12Br2N4. The van der Waals surface area contributed by atoms with Crippen LogP contribution in [0.2, 0.25) is 0 Å². The van der Waals surface area contributed by atoms with Crippen LogP contribution >= 0.6 is 31.9 Å². The Morgan fingerprint density at radius 2 is 1.22 bits per heavy atom. The third kappa shape index (κ3) is 2.76. The first kappa shape index (κ1) is 16.6. The van der Waals surface area contributed by atoms with Crippen LogP contribution in [0.3, 0.4) is 0 Å². The summed E-state index contributed by atoms with van der Waals surface area (Å²) >= 11 is 7.20. The lowest BCUT2D eigenvalue weighted by molar-refractivity contribution is 0.903. The topological polar surface area (TPSA) is 43.6 Å². The van der Waals surface area contributed by atoms with Gasteiger partial charge >= 0.3 is 0 Å². The molecule has 2 aromatic heterocycles. The molecule has 0 saturated heterocycles.